The summed E-state index contributed by atoms with van der Waals surface area (Å²) in [7, 11) is 3.19. The number of carbonyl (C=O) groups excluding carboxylic acids is 2. The number of halogens is 1. The van der Waals surface area contributed by atoms with Gasteiger partial charge in [-0.2, -0.15) is 10.1 Å². The number of nitrogens with one attached hydrogen (secondary N) is 1. The van der Waals surface area contributed by atoms with Crippen LogP contribution in [-0.4, -0.2) is 47.2 Å². The molecule has 0 radical (unpaired) electrons. The molecule has 0 aromatic heterocycles. The molecule has 200 valence electrons. The predicted octanol–water partition coefficient (Wildman–Crippen LogP) is 5.84. The van der Waals surface area contributed by atoms with E-state index in [1.165, 1.54) is 11.8 Å². The van der Waals surface area contributed by atoms with E-state index in [-0.39, 0.29) is 24.3 Å². The maximum Gasteiger partial charge on any atom is 0.262 e. The van der Waals surface area contributed by atoms with Gasteiger partial charge in [-0.15, -0.1) is 0 Å². The minimum atomic E-state index is -0.660. The Bertz CT molecular complexity index is 1470. The van der Waals surface area contributed by atoms with Gasteiger partial charge in [0.15, 0.2) is 16.7 Å². The Labute approximate surface area is 236 Å². The lowest BCUT2D eigenvalue weighted by Gasteiger charge is -2.24. The van der Waals surface area contributed by atoms with Crippen LogP contribution in [0.3, 0.4) is 0 Å². The highest BCUT2D eigenvalue weighted by atomic mass is 35.5. The summed E-state index contributed by atoms with van der Waals surface area (Å²) >= 11 is 7.41. The van der Waals surface area contributed by atoms with Gasteiger partial charge < -0.3 is 14.8 Å². The number of benzene rings is 3. The summed E-state index contributed by atoms with van der Waals surface area (Å²) in [5.41, 5.74) is 4.48. The second kappa shape index (κ2) is 11.5. The zero-order valence-electron chi connectivity index (χ0n) is 21.7. The molecular weight excluding hydrogens is 536 g/mol. The summed E-state index contributed by atoms with van der Waals surface area (Å²) in [5.74, 6) is 0.546. The molecule has 1 N–H and O–H groups in total. The topological polar surface area (TPSA) is 92.6 Å². The zero-order valence-corrected chi connectivity index (χ0v) is 23.3. The number of aryl methyl sites for hydroxylation is 1. The minimum absolute atomic E-state index is 0.0366. The second-order valence-corrected chi connectivity index (χ2v) is 10.7. The van der Waals surface area contributed by atoms with Crippen molar-refractivity contribution >= 4 is 51.7 Å². The fraction of sp³-hybridized carbons (Fsp3) is 0.241. The first kappa shape index (κ1) is 26.8. The van der Waals surface area contributed by atoms with E-state index in [0.29, 0.717) is 33.8 Å². The molecule has 0 saturated carbocycles. The van der Waals surface area contributed by atoms with Crippen LogP contribution in [0.25, 0.3) is 0 Å². The van der Waals surface area contributed by atoms with E-state index in [4.69, 9.17) is 26.2 Å². The molecule has 5 rings (SSSR count). The van der Waals surface area contributed by atoms with Gasteiger partial charge in [-0.25, -0.2) is 5.01 Å². The van der Waals surface area contributed by atoms with Crippen LogP contribution in [0.2, 0.25) is 5.02 Å². The average Bonchev–Trinajstić information content (AvgIpc) is 3.54. The number of thioether (sulfide) groups is 1. The van der Waals surface area contributed by atoms with Crippen molar-refractivity contribution in [3.8, 4) is 11.5 Å². The molecule has 0 bridgehead atoms. The number of hydrogen-bond donors (Lipinski definition) is 1. The Hall–Kier alpha value is -3.82. The smallest absolute Gasteiger partial charge is 0.262 e. The van der Waals surface area contributed by atoms with Gasteiger partial charge in [0.25, 0.3) is 5.91 Å². The van der Waals surface area contributed by atoms with Crippen molar-refractivity contribution in [3.05, 3.63) is 88.4 Å². The van der Waals surface area contributed by atoms with Crippen molar-refractivity contribution in [3.63, 3.8) is 0 Å². The number of para-hydroxylation sites is 1. The van der Waals surface area contributed by atoms with Gasteiger partial charge in [-0.05, 0) is 42.3 Å². The van der Waals surface area contributed by atoms with Crippen molar-refractivity contribution in [2.24, 2.45) is 10.1 Å². The lowest BCUT2D eigenvalue weighted by molar-refractivity contribution is -0.121. The number of rotatable bonds is 7. The van der Waals surface area contributed by atoms with Crippen LogP contribution >= 0.6 is 23.4 Å². The molecule has 39 heavy (non-hydrogen) atoms. The first-order valence-electron chi connectivity index (χ1n) is 12.4. The van der Waals surface area contributed by atoms with E-state index in [1.807, 2.05) is 49.4 Å². The van der Waals surface area contributed by atoms with Gasteiger partial charge in [0.2, 0.25) is 5.91 Å². The van der Waals surface area contributed by atoms with Crippen LogP contribution in [-0.2, 0) is 9.59 Å². The second-order valence-electron chi connectivity index (χ2n) is 9.16. The van der Waals surface area contributed by atoms with Crippen molar-refractivity contribution in [2.45, 2.75) is 31.1 Å². The molecule has 3 aromatic carbocycles. The molecular formula is C29H27ClN4O4S. The van der Waals surface area contributed by atoms with Crippen LogP contribution in [0.4, 0.5) is 5.69 Å². The predicted molar refractivity (Wildman–Crippen MR) is 155 cm³/mol. The first-order chi connectivity index (χ1) is 18.9. The number of amides is 2. The quantitative estimate of drug-likeness (QED) is 0.389. The summed E-state index contributed by atoms with van der Waals surface area (Å²) in [4.78, 5) is 29.9. The molecule has 2 unspecified atom stereocenters. The summed E-state index contributed by atoms with van der Waals surface area (Å²) in [6.45, 7) is 2.04. The fourth-order valence-corrected chi connectivity index (χ4v) is 5.71. The monoisotopic (exact) mass is 562 g/mol. The number of anilines is 1. The molecule has 2 heterocycles. The summed E-state index contributed by atoms with van der Waals surface area (Å²) in [6.07, 6.45) is 0.565. The Kier molecular flexibility index (Phi) is 7.90. The molecule has 0 aliphatic carbocycles. The number of amidine groups is 1. The number of ether oxygens (including phenoxy) is 2. The average molecular weight is 563 g/mol. The molecule has 0 spiro atoms. The van der Waals surface area contributed by atoms with Gasteiger partial charge in [-0.1, -0.05) is 71.4 Å². The van der Waals surface area contributed by atoms with Crippen LogP contribution in [0.1, 0.15) is 35.6 Å². The maximum absolute atomic E-state index is 12.9. The number of nitrogens with zero attached hydrogens (tertiary/aromatic N) is 3. The van der Waals surface area contributed by atoms with E-state index < -0.39 is 5.25 Å². The number of hydrazone groups is 1. The van der Waals surface area contributed by atoms with Gasteiger partial charge in [0, 0.05) is 12.8 Å². The van der Waals surface area contributed by atoms with Gasteiger partial charge in [0.05, 0.1) is 36.7 Å². The van der Waals surface area contributed by atoms with Crippen molar-refractivity contribution in [2.75, 3.05) is 19.5 Å². The molecule has 0 saturated heterocycles. The largest absolute Gasteiger partial charge is 0.493 e. The summed E-state index contributed by atoms with van der Waals surface area (Å²) < 4.78 is 10.9. The number of aliphatic imine (C=N–C) groups is 1. The Balaban J connectivity index is 1.39. The highest BCUT2D eigenvalue weighted by molar-refractivity contribution is 8.15. The van der Waals surface area contributed by atoms with Crippen LogP contribution in [0.15, 0.2) is 76.8 Å². The molecule has 8 nitrogen and oxygen atoms in total. The van der Waals surface area contributed by atoms with E-state index in [1.54, 1.807) is 43.5 Å². The lowest BCUT2D eigenvalue weighted by atomic mass is 9.98. The van der Waals surface area contributed by atoms with Gasteiger partial charge in [-0.3, -0.25) is 9.59 Å². The van der Waals surface area contributed by atoms with Crippen LogP contribution < -0.4 is 14.8 Å². The third-order valence-electron chi connectivity index (χ3n) is 6.53. The third kappa shape index (κ3) is 5.79. The maximum atomic E-state index is 12.9. The van der Waals surface area contributed by atoms with E-state index in [0.717, 1.165) is 22.4 Å². The number of hydrogen-bond acceptors (Lipinski definition) is 7. The molecule has 10 heteroatoms. The Morgan fingerprint density at radius 1 is 1.08 bits per heavy atom. The molecule has 2 aliphatic rings. The van der Waals surface area contributed by atoms with E-state index >= 15 is 0 Å². The highest BCUT2D eigenvalue weighted by Gasteiger charge is 2.39. The lowest BCUT2D eigenvalue weighted by Crippen LogP contribution is -2.25. The normalized spacial score (nSPS) is 18.6. The van der Waals surface area contributed by atoms with Crippen LogP contribution in [0.5, 0.6) is 11.5 Å². The number of methoxy groups -OCH3 is 2. The van der Waals surface area contributed by atoms with Gasteiger partial charge >= 0.3 is 0 Å². The van der Waals surface area contributed by atoms with E-state index in [9.17, 15) is 9.59 Å². The van der Waals surface area contributed by atoms with Crippen molar-refractivity contribution in [1.29, 1.82) is 0 Å². The van der Waals surface area contributed by atoms with Crippen LogP contribution in [0, 0.1) is 6.92 Å². The minimum Gasteiger partial charge on any atom is -0.493 e. The highest BCUT2D eigenvalue weighted by Crippen LogP contribution is 2.41. The SMILES string of the molecule is COc1ccc(C2CC(c3ccc(C)cc3)=NN2C2=NC(=O)C(CC(=O)Nc3ccccc3Cl)S2)cc1OC. The first-order valence-corrected chi connectivity index (χ1v) is 13.6. The molecule has 2 aliphatic heterocycles. The molecule has 3 aromatic rings. The standard InChI is InChI=1S/C29H27ClN4O4S/c1-17-8-10-18(11-9-17)22-15-23(19-12-13-24(37-2)25(14-19)38-3)34(33-22)29-32-28(36)26(39-29)16-27(35)31-21-7-5-4-6-20(21)30/h4-14,23,26H,15-16H2,1-3H3,(H,31,35). The number of carbonyl (C=O) groups is 2. The van der Waals surface area contributed by atoms with Crippen molar-refractivity contribution < 1.29 is 19.1 Å². The third-order valence-corrected chi connectivity index (χ3v) is 8.00. The zero-order chi connectivity index (χ0) is 27.5. The molecule has 2 atom stereocenters. The molecule has 0 fully saturated rings. The Morgan fingerprint density at radius 3 is 2.54 bits per heavy atom. The van der Waals surface area contributed by atoms with Crippen molar-refractivity contribution in [1.82, 2.24) is 5.01 Å². The van der Waals surface area contributed by atoms with Gasteiger partial charge in [0.1, 0.15) is 5.25 Å². The summed E-state index contributed by atoms with van der Waals surface area (Å²) in [6, 6.07) is 20.7. The fourth-order valence-electron chi connectivity index (χ4n) is 4.46. The molecule has 2 amide bonds. The summed E-state index contributed by atoms with van der Waals surface area (Å²) in [5, 5.41) is 9.70. The van der Waals surface area contributed by atoms with E-state index in [2.05, 4.69) is 10.3 Å². The Morgan fingerprint density at radius 2 is 1.82 bits per heavy atom.